The number of hydrogen-bond donors (Lipinski definition) is 4. The molecule has 6 N–H and O–H groups in total. The number of aromatic nitrogens is 2. The molecule has 2 aromatic heterocycles. The van der Waals surface area contributed by atoms with Gasteiger partial charge in [0.25, 0.3) is 5.91 Å². The van der Waals surface area contributed by atoms with Crippen molar-refractivity contribution in [2.45, 2.75) is 18.6 Å². The van der Waals surface area contributed by atoms with Crippen molar-refractivity contribution >= 4 is 23.0 Å². The topological polar surface area (TPSA) is 130 Å². The van der Waals surface area contributed by atoms with Gasteiger partial charge in [0.05, 0.1) is 35.1 Å². The fourth-order valence-electron chi connectivity index (χ4n) is 3.72. The molecule has 1 fully saturated rings. The van der Waals surface area contributed by atoms with Crippen molar-refractivity contribution in [1.29, 1.82) is 0 Å². The van der Waals surface area contributed by atoms with E-state index in [9.17, 15) is 14.3 Å². The van der Waals surface area contributed by atoms with Gasteiger partial charge in [-0.15, -0.1) is 0 Å². The van der Waals surface area contributed by atoms with Crippen molar-refractivity contribution in [3.8, 4) is 11.3 Å². The highest BCUT2D eigenvalue weighted by atomic mass is 19.1. The van der Waals surface area contributed by atoms with E-state index in [1.807, 2.05) is 4.90 Å². The molecular weight excluding hydrogens is 399 g/mol. The standard InChI is InChI=1S/C22H23FN6O2/c23-16-4-2-1-3-15(16)18-6-5-17(25)21(27-18)22(31)28-19-10-26-8-7-20(19)29-11-13(24)9-14(30)12-29/h1-8,10,13-14,30H,9,11-12,24-25H2,(H,28,31). The predicted molar refractivity (Wildman–Crippen MR) is 117 cm³/mol. The van der Waals surface area contributed by atoms with Crippen molar-refractivity contribution in [3.05, 3.63) is 66.4 Å². The summed E-state index contributed by atoms with van der Waals surface area (Å²) in [4.78, 5) is 23.3. The molecular formula is C22H23FN6O2. The van der Waals surface area contributed by atoms with E-state index in [0.717, 1.165) is 0 Å². The Balaban J connectivity index is 1.63. The molecule has 1 amide bonds. The molecule has 8 nitrogen and oxygen atoms in total. The number of aliphatic hydroxyl groups excluding tert-OH is 1. The number of aliphatic hydroxyl groups is 1. The molecule has 3 heterocycles. The van der Waals surface area contributed by atoms with Crippen LogP contribution in [0.2, 0.25) is 0 Å². The Kier molecular flexibility index (Phi) is 5.79. The van der Waals surface area contributed by atoms with Crippen LogP contribution in [0.4, 0.5) is 21.5 Å². The lowest BCUT2D eigenvalue weighted by atomic mass is 10.0. The van der Waals surface area contributed by atoms with E-state index >= 15 is 0 Å². The Hall–Kier alpha value is -3.56. The summed E-state index contributed by atoms with van der Waals surface area (Å²) in [6, 6.07) is 10.8. The van der Waals surface area contributed by atoms with E-state index in [1.54, 1.807) is 36.5 Å². The second-order valence-electron chi connectivity index (χ2n) is 7.52. The summed E-state index contributed by atoms with van der Waals surface area (Å²) in [5, 5.41) is 12.9. The monoisotopic (exact) mass is 422 g/mol. The maximum Gasteiger partial charge on any atom is 0.276 e. The third-order valence-corrected chi connectivity index (χ3v) is 5.14. The number of amides is 1. The number of anilines is 3. The minimum absolute atomic E-state index is 0.0223. The fourth-order valence-corrected chi connectivity index (χ4v) is 3.72. The Morgan fingerprint density at radius 1 is 1.19 bits per heavy atom. The van der Waals surface area contributed by atoms with Gasteiger partial charge in [-0.25, -0.2) is 9.37 Å². The summed E-state index contributed by atoms with van der Waals surface area (Å²) in [5.41, 5.74) is 13.9. The summed E-state index contributed by atoms with van der Waals surface area (Å²) in [5.74, 6) is -0.993. The van der Waals surface area contributed by atoms with E-state index < -0.39 is 17.8 Å². The van der Waals surface area contributed by atoms with Crippen molar-refractivity contribution in [2.75, 3.05) is 29.0 Å². The molecule has 1 aliphatic rings. The third kappa shape index (κ3) is 4.47. The molecule has 0 aliphatic carbocycles. The normalized spacial score (nSPS) is 18.6. The maximum absolute atomic E-state index is 14.2. The summed E-state index contributed by atoms with van der Waals surface area (Å²) < 4.78 is 14.2. The lowest BCUT2D eigenvalue weighted by Crippen LogP contribution is -2.49. The zero-order valence-electron chi connectivity index (χ0n) is 16.7. The quantitative estimate of drug-likeness (QED) is 0.506. The highest BCUT2D eigenvalue weighted by molar-refractivity contribution is 6.07. The lowest BCUT2D eigenvalue weighted by molar-refractivity contribution is 0.102. The fraction of sp³-hybridized carbons (Fsp3) is 0.227. The molecule has 0 radical (unpaired) electrons. The molecule has 4 rings (SSSR count). The highest BCUT2D eigenvalue weighted by Gasteiger charge is 2.26. The smallest absolute Gasteiger partial charge is 0.276 e. The molecule has 0 spiro atoms. The van der Waals surface area contributed by atoms with Gasteiger partial charge in [0.15, 0.2) is 5.69 Å². The second kappa shape index (κ2) is 8.66. The first kappa shape index (κ1) is 20.7. The third-order valence-electron chi connectivity index (χ3n) is 5.14. The van der Waals surface area contributed by atoms with Crippen molar-refractivity contribution in [3.63, 3.8) is 0 Å². The Labute approximate surface area is 178 Å². The number of pyridine rings is 2. The average Bonchev–Trinajstić information content (AvgIpc) is 2.74. The predicted octanol–water partition coefficient (Wildman–Crippen LogP) is 2.02. The maximum atomic E-state index is 14.2. The van der Waals surface area contributed by atoms with E-state index in [-0.39, 0.29) is 23.0 Å². The first-order chi connectivity index (χ1) is 14.9. The number of β-amino-alcohol motifs (C(OH)–C–C–N with tert-alkyl or cyclic N) is 1. The second-order valence-corrected chi connectivity index (χ2v) is 7.52. The number of nitrogens with zero attached hydrogens (tertiary/aromatic N) is 3. The lowest BCUT2D eigenvalue weighted by Gasteiger charge is -2.36. The molecule has 3 aromatic rings. The number of carbonyl (C=O) groups is 1. The van der Waals surface area contributed by atoms with E-state index in [4.69, 9.17) is 11.5 Å². The van der Waals surface area contributed by atoms with E-state index in [0.29, 0.717) is 36.6 Å². The number of benzene rings is 1. The number of nitrogens with one attached hydrogen (secondary N) is 1. The van der Waals surface area contributed by atoms with Crippen molar-refractivity contribution in [1.82, 2.24) is 9.97 Å². The van der Waals surface area contributed by atoms with Gasteiger partial charge in [-0.1, -0.05) is 12.1 Å². The van der Waals surface area contributed by atoms with Crippen LogP contribution < -0.4 is 21.7 Å². The van der Waals surface area contributed by atoms with Gasteiger partial charge in [-0.2, -0.15) is 0 Å². The number of halogens is 1. The van der Waals surface area contributed by atoms with Crippen LogP contribution in [0.5, 0.6) is 0 Å². The first-order valence-corrected chi connectivity index (χ1v) is 9.87. The molecule has 2 unspecified atom stereocenters. The Morgan fingerprint density at radius 3 is 2.77 bits per heavy atom. The number of nitrogens with two attached hydrogens (primary N) is 2. The summed E-state index contributed by atoms with van der Waals surface area (Å²) in [6.45, 7) is 0.927. The molecule has 31 heavy (non-hydrogen) atoms. The molecule has 1 aromatic carbocycles. The Morgan fingerprint density at radius 2 is 2.00 bits per heavy atom. The number of hydrogen-bond acceptors (Lipinski definition) is 7. The van der Waals surface area contributed by atoms with Gasteiger partial charge in [0, 0.05) is 30.9 Å². The zero-order valence-corrected chi connectivity index (χ0v) is 16.7. The van der Waals surface area contributed by atoms with Crippen LogP contribution in [0, 0.1) is 5.82 Å². The van der Waals surface area contributed by atoms with Gasteiger partial charge in [0.2, 0.25) is 0 Å². The van der Waals surface area contributed by atoms with Crippen LogP contribution in [0.3, 0.4) is 0 Å². The first-order valence-electron chi connectivity index (χ1n) is 9.87. The molecule has 1 saturated heterocycles. The molecule has 2 atom stereocenters. The molecule has 160 valence electrons. The summed E-state index contributed by atoms with van der Waals surface area (Å²) in [6.07, 6.45) is 3.07. The van der Waals surface area contributed by atoms with Gasteiger partial charge in [-0.05, 0) is 36.8 Å². The minimum Gasteiger partial charge on any atom is -0.397 e. The number of carbonyl (C=O) groups excluding carboxylic acids is 1. The minimum atomic E-state index is -0.560. The number of piperidine rings is 1. The molecule has 1 aliphatic heterocycles. The van der Waals surface area contributed by atoms with Gasteiger partial charge in [0.1, 0.15) is 5.82 Å². The van der Waals surface area contributed by atoms with Crippen LogP contribution >= 0.6 is 0 Å². The average molecular weight is 422 g/mol. The van der Waals surface area contributed by atoms with Crippen molar-refractivity contribution in [2.24, 2.45) is 5.73 Å². The molecule has 0 saturated carbocycles. The largest absolute Gasteiger partial charge is 0.397 e. The molecule has 9 heteroatoms. The van der Waals surface area contributed by atoms with Gasteiger partial charge < -0.3 is 26.8 Å². The van der Waals surface area contributed by atoms with Gasteiger partial charge >= 0.3 is 0 Å². The van der Waals surface area contributed by atoms with Crippen LogP contribution in [-0.4, -0.2) is 46.2 Å². The van der Waals surface area contributed by atoms with Crippen LogP contribution in [0.25, 0.3) is 11.3 Å². The molecule has 0 bridgehead atoms. The van der Waals surface area contributed by atoms with Crippen LogP contribution in [0.1, 0.15) is 16.9 Å². The van der Waals surface area contributed by atoms with Crippen molar-refractivity contribution < 1.29 is 14.3 Å². The van der Waals surface area contributed by atoms with Gasteiger partial charge in [-0.3, -0.25) is 9.78 Å². The highest BCUT2D eigenvalue weighted by Crippen LogP contribution is 2.29. The van der Waals surface area contributed by atoms with E-state index in [1.165, 1.54) is 18.3 Å². The van der Waals surface area contributed by atoms with E-state index in [2.05, 4.69) is 15.3 Å². The summed E-state index contributed by atoms with van der Waals surface area (Å²) >= 11 is 0. The summed E-state index contributed by atoms with van der Waals surface area (Å²) in [7, 11) is 0. The van der Waals surface area contributed by atoms with Crippen LogP contribution in [0.15, 0.2) is 54.9 Å². The van der Waals surface area contributed by atoms with Crippen LogP contribution in [-0.2, 0) is 0 Å². The number of nitrogen functional groups attached to an aromatic ring is 1. The SMILES string of the molecule is Nc1ccc(-c2ccccc2F)nc1C(=O)Nc1cnccc1N1CC(N)CC(O)C1. The zero-order chi connectivity index (χ0) is 22.0. The number of rotatable bonds is 4. The Bertz CT molecular complexity index is 1100.